The number of hydrogen-bond donors (Lipinski definition) is 2. The van der Waals surface area contributed by atoms with E-state index in [2.05, 4.69) is 62.0 Å². The van der Waals surface area contributed by atoms with Crippen LogP contribution in [0.5, 0.6) is 0 Å². The SMILES string of the molecule is CC(C)(C)CC(C)(C)Nc1c(-c2ccc(C#N)cc2)[nH]c2c(C#N)ncn12. The Bertz CT molecular complexity index is 1050. The normalized spacial score (nSPS) is 12.0. The third-order valence-electron chi connectivity index (χ3n) is 4.33. The monoisotopic (exact) mass is 360 g/mol. The van der Waals surface area contributed by atoms with Crippen LogP contribution in [0.1, 0.15) is 52.3 Å². The van der Waals surface area contributed by atoms with Crippen molar-refractivity contribution in [3.8, 4) is 23.4 Å². The van der Waals surface area contributed by atoms with E-state index < -0.39 is 0 Å². The van der Waals surface area contributed by atoms with Gasteiger partial charge in [-0.2, -0.15) is 10.5 Å². The van der Waals surface area contributed by atoms with Crippen LogP contribution in [0.4, 0.5) is 5.82 Å². The number of benzene rings is 1. The number of aromatic amines is 1. The zero-order chi connectivity index (χ0) is 19.8. The number of aromatic nitrogens is 3. The van der Waals surface area contributed by atoms with Crippen LogP contribution in [0.25, 0.3) is 16.9 Å². The number of hydrogen-bond acceptors (Lipinski definition) is 4. The molecule has 6 heteroatoms. The van der Waals surface area contributed by atoms with Gasteiger partial charge in [0.05, 0.1) is 17.3 Å². The van der Waals surface area contributed by atoms with Gasteiger partial charge in [-0.05, 0) is 37.8 Å². The molecule has 2 aromatic heterocycles. The van der Waals surface area contributed by atoms with Crippen molar-refractivity contribution in [3.05, 3.63) is 41.9 Å². The number of nitrogens with one attached hydrogen (secondary N) is 2. The minimum atomic E-state index is -0.175. The Kier molecular flexibility index (Phi) is 4.45. The highest BCUT2D eigenvalue weighted by Gasteiger charge is 2.28. The third-order valence-corrected chi connectivity index (χ3v) is 4.33. The zero-order valence-corrected chi connectivity index (χ0v) is 16.4. The smallest absolute Gasteiger partial charge is 0.183 e. The van der Waals surface area contributed by atoms with E-state index >= 15 is 0 Å². The summed E-state index contributed by atoms with van der Waals surface area (Å²) in [5, 5.41) is 22.0. The second-order valence-corrected chi connectivity index (χ2v) is 8.71. The fourth-order valence-corrected chi connectivity index (χ4v) is 3.75. The molecule has 3 aromatic rings. The number of H-pyrrole nitrogens is 1. The van der Waals surface area contributed by atoms with Crippen molar-refractivity contribution in [1.82, 2.24) is 14.4 Å². The Balaban J connectivity index is 2.13. The van der Waals surface area contributed by atoms with Crippen molar-refractivity contribution < 1.29 is 0 Å². The van der Waals surface area contributed by atoms with Gasteiger partial charge < -0.3 is 10.3 Å². The standard InChI is InChI=1S/C21H24N6/c1-20(2,3)12-21(4,5)26-19-17(15-8-6-14(10-22)7-9-15)25-18-16(11-23)24-13-27(18)19/h6-9,13,25-26H,12H2,1-5H3. The average molecular weight is 360 g/mol. The van der Waals surface area contributed by atoms with Gasteiger partial charge in [-0.3, -0.25) is 4.40 Å². The lowest BCUT2D eigenvalue weighted by molar-refractivity contribution is 0.302. The molecule has 0 amide bonds. The summed E-state index contributed by atoms with van der Waals surface area (Å²) < 4.78 is 1.89. The highest BCUT2D eigenvalue weighted by molar-refractivity contribution is 5.78. The Morgan fingerprint density at radius 2 is 1.74 bits per heavy atom. The van der Waals surface area contributed by atoms with Crippen LogP contribution in [-0.4, -0.2) is 19.9 Å². The highest BCUT2D eigenvalue weighted by atomic mass is 15.2. The van der Waals surface area contributed by atoms with Gasteiger partial charge in [0.15, 0.2) is 11.3 Å². The fraction of sp³-hybridized carbons (Fsp3) is 0.381. The first-order chi connectivity index (χ1) is 12.6. The van der Waals surface area contributed by atoms with E-state index in [4.69, 9.17) is 5.26 Å². The van der Waals surface area contributed by atoms with Crippen molar-refractivity contribution in [1.29, 1.82) is 10.5 Å². The molecular weight excluding hydrogens is 336 g/mol. The molecule has 0 aliphatic rings. The molecule has 138 valence electrons. The molecule has 0 saturated carbocycles. The second-order valence-electron chi connectivity index (χ2n) is 8.71. The van der Waals surface area contributed by atoms with Crippen molar-refractivity contribution in [2.75, 3.05) is 5.32 Å². The molecule has 27 heavy (non-hydrogen) atoms. The predicted octanol–water partition coefficient (Wildman–Crippen LogP) is 4.70. The van der Waals surface area contributed by atoms with Crippen molar-refractivity contribution in [2.24, 2.45) is 5.41 Å². The molecule has 0 atom stereocenters. The molecule has 0 fully saturated rings. The van der Waals surface area contributed by atoms with Gasteiger partial charge in [-0.15, -0.1) is 0 Å². The zero-order valence-electron chi connectivity index (χ0n) is 16.4. The van der Waals surface area contributed by atoms with Crippen LogP contribution < -0.4 is 5.32 Å². The summed E-state index contributed by atoms with van der Waals surface area (Å²) >= 11 is 0. The quantitative estimate of drug-likeness (QED) is 0.705. The van der Waals surface area contributed by atoms with E-state index in [9.17, 15) is 5.26 Å². The van der Waals surface area contributed by atoms with E-state index in [1.807, 2.05) is 16.5 Å². The summed E-state index contributed by atoms with van der Waals surface area (Å²) in [6.07, 6.45) is 2.62. The van der Waals surface area contributed by atoms with Crippen LogP contribution in [0, 0.1) is 28.1 Å². The Labute approximate surface area is 159 Å². The number of fused-ring (bicyclic) bond motifs is 1. The van der Waals surface area contributed by atoms with Gasteiger partial charge >= 0.3 is 0 Å². The largest absolute Gasteiger partial charge is 0.364 e. The molecule has 0 unspecified atom stereocenters. The molecule has 2 N–H and O–H groups in total. The van der Waals surface area contributed by atoms with E-state index in [1.165, 1.54) is 0 Å². The molecule has 0 aliphatic heterocycles. The first-order valence-electron chi connectivity index (χ1n) is 8.91. The van der Waals surface area contributed by atoms with Gasteiger partial charge in [0, 0.05) is 11.1 Å². The minimum Gasteiger partial charge on any atom is -0.364 e. The molecule has 1 aromatic carbocycles. The third kappa shape index (κ3) is 3.80. The van der Waals surface area contributed by atoms with E-state index in [0.29, 0.717) is 16.9 Å². The molecule has 0 bridgehead atoms. The number of anilines is 1. The lowest BCUT2D eigenvalue weighted by atomic mass is 9.82. The van der Waals surface area contributed by atoms with Gasteiger partial charge in [0.25, 0.3) is 0 Å². The van der Waals surface area contributed by atoms with E-state index in [-0.39, 0.29) is 11.0 Å². The number of rotatable bonds is 4. The Hall–Kier alpha value is -3.25. The summed E-state index contributed by atoms with van der Waals surface area (Å²) in [5.74, 6) is 0.859. The molecule has 0 radical (unpaired) electrons. The van der Waals surface area contributed by atoms with E-state index in [0.717, 1.165) is 23.5 Å². The van der Waals surface area contributed by atoms with Crippen LogP contribution in [0.15, 0.2) is 30.6 Å². The maximum Gasteiger partial charge on any atom is 0.183 e. The van der Waals surface area contributed by atoms with Crippen LogP contribution >= 0.6 is 0 Å². The fourth-order valence-electron chi connectivity index (χ4n) is 3.75. The van der Waals surface area contributed by atoms with Crippen molar-refractivity contribution in [3.63, 3.8) is 0 Å². The summed E-state index contributed by atoms with van der Waals surface area (Å²) in [4.78, 5) is 7.52. The van der Waals surface area contributed by atoms with Gasteiger partial charge in [0.1, 0.15) is 18.2 Å². The van der Waals surface area contributed by atoms with Crippen LogP contribution in [-0.2, 0) is 0 Å². The molecule has 2 heterocycles. The summed E-state index contributed by atoms with van der Waals surface area (Å²) in [6.45, 7) is 11.0. The Morgan fingerprint density at radius 1 is 1.07 bits per heavy atom. The minimum absolute atomic E-state index is 0.160. The molecular formula is C21H24N6. The lowest BCUT2D eigenvalue weighted by Gasteiger charge is -2.34. The molecule has 0 saturated heterocycles. The first kappa shape index (κ1) is 18.5. The molecule has 6 nitrogen and oxygen atoms in total. The number of nitriles is 2. The maximum absolute atomic E-state index is 9.35. The predicted molar refractivity (Wildman–Crippen MR) is 106 cm³/mol. The summed E-state index contributed by atoms with van der Waals surface area (Å²) in [6, 6.07) is 11.7. The molecule has 0 spiro atoms. The van der Waals surface area contributed by atoms with Crippen molar-refractivity contribution >= 4 is 11.5 Å². The molecule has 0 aliphatic carbocycles. The lowest BCUT2D eigenvalue weighted by Crippen LogP contribution is -2.36. The number of nitrogens with zero attached hydrogens (tertiary/aromatic N) is 4. The summed E-state index contributed by atoms with van der Waals surface area (Å²) in [7, 11) is 0. The Morgan fingerprint density at radius 3 is 2.30 bits per heavy atom. The van der Waals surface area contributed by atoms with Crippen molar-refractivity contribution in [2.45, 2.75) is 46.6 Å². The topological polar surface area (TPSA) is 92.7 Å². The second kappa shape index (κ2) is 6.48. The van der Waals surface area contributed by atoms with Gasteiger partial charge in [0.2, 0.25) is 0 Å². The van der Waals surface area contributed by atoms with Crippen LogP contribution in [0.3, 0.4) is 0 Å². The first-order valence-corrected chi connectivity index (χ1v) is 8.91. The average Bonchev–Trinajstić information content (AvgIpc) is 3.12. The van der Waals surface area contributed by atoms with Crippen LogP contribution in [0.2, 0.25) is 0 Å². The number of imidazole rings is 2. The van der Waals surface area contributed by atoms with Gasteiger partial charge in [-0.25, -0.2) is 4.98 Å². The van der Waals surface area contributed by atoms with Gasteiger partial charge in [-0.1, -0.05) is 32.9 Å². The van der Waals surface area contributed by atoms with E-state index in [1.54, 1.807) is 18.5 Å². The maximum atomic E-state index is 9.35. The molecule has 3 rings (SSSR count). The highest BCUT2D eigenvalue weighted by Crippen LogP contribution is 2.35. The summed E-state index contributed by atoms with van der Waals surface area (Å²) in [5.41, 5.74) is 3.42.